The van der Waals surface area contributed by atoms with E-state index in [9.17, 15) is 4.79 Å². The molecule has 1 fully saturated rings. The molecule has 1 aliphatic heterocycles. The number of morpholine rings is 1. The maximum absolute atomic E-state index is 12.0. The second kappa shape index (κ2) is 5.58. The van der Waals surface area contributed by atoms with Crippen molar-refractivity contribution in [3.8, 4) is 0 Å². The van der Waals surface area contributed by atoms with Gasteiger partial charge in [0.1, 0.15) is 5.82 Å². The van der Waals surface area contributed by atoms with Crippen LogP contribution in [0, 0.1) is 0 Å². The van der Waals surface area contributed by atoms with E-state index in [1.807, 2.05) is 6.92 Å². The van der Waals surface area contributed by atoms with Crippen molar-refractivity contribution >= 4 is 11.7 Å². The van der Waals surface area contributed by atoms with E-state index in [0.717, 1.165) is 6.54 Å². The van der Waals surface area contributed by atoms with E-state index in [1.54, 1.807) is 17.0 Å². The summed E-state index contributed by atoms with van der Waals surface area (Å²) in [5, 5.41) is 10.9. The molecule has 6 nitrogen and oxygen atoms in total. The number of nitrogens with zero attached hydrogens (tertiary/aromatic N) is 3. The summed E-state index contributed by atoms with van der Waals surface area (Å²) in [4.78, 5) is 13.8. The van der Waals surface area contributed by atoms with Crippen LogP contribution in [-0.4, -0.2) is 53.9 Å². The standard InChI is InChI=1S/C11H16N4O2/c1-2-12-10-4-3-9(13-14-10)11(16)15-5-7-17-8-6-15/h3-4H,2,5-8H2,1H3,(H,12,14). The Bertz CT molecular complexity index is 374. The normalized spacial score (nSPS) is 15.7. The van der Waals surface area contributed by atoms with Crippen LogP contribution in [0.1, 0.15) is 17.4 Å². The van der Waals surface area contributed by atoms with Gasteiger partial charge in [-0.1, -0.05) is 0 Å². The zero-order valence-corrected chi connectivity index (χ0v) is 9.85. The van der Waals surface area contributed by atoms with E-state index in [2.05, 4.69) is 15.5 Å². The van der Waals surface area contributed by atoms with E-state index in [4.69, 9.17) is 4.74 Å². The Balaban J connectivity index is 2.03. The van der Waals surface area contributed by atoms with Crippen LogP contribution in [0.3, 0.4) is 0 Å². The summed E-state index contributed by atoms with van der Waals surface area (Å²) in [5.74, 6) is 0.606. The molecule has 6 heteroatoms. The van der Waals surface area contributed by atoms with Crippen molar-refractivity contribution in [1.82, 2.24) is 15.1 Å². The first kappa shape index (κ1) is 11.8. The molecule has 2 rings (SSSR count). The number of rotatable bonds is 3. The van der Waals surface area contributed by atoms with Gasteiger partial charge in [-0.2, -0.15) is 0 Å². The quantitative estimate of drug-likeness (QED) is 0.821. The summed E-state index contributed by atoms with van der Waals surface area (Å²) in [7, 11) is 0. The Morgan fingerprint density at radius 2 is 2.18 bits per heavy atom. The van der Waals surface area contributed by atoms with Crippen molar-refractivity contribution in [3.63, 3.8) is 0 Å². The lowest BCUT2D eigenvalue weighted by molar-refractivity contribution is 0.0298. The number of ether oxygens (including phenoxy) is 1. The number of anilines is 1. The number of hydrogen-bond acceptors (Lipinski definition) is 5. The molecule has 1 aliphatic rings. The second-order valence-electron chi connectivity index (χ2n) is 3.74. The van der Waals surface area contributed by atoms with Crippen molar-refractivity contribution in [1.29, 1.82) is 0 Å². The largest absolute Gasteiger partial charge is 0.378 e. The fraction of sp³-hybridized carbons (Fsp3) is 0.545. The monoisotopic (exact) mass is 236 g/mol. The average molecular weight is 236 g/mol. The van der Waals surface area contributed by atoms with Gasteiger partial charge in [0.05, 0.1) is 13.2 Å². The molecule has 0 radical (unpaired) electrons. The molecule has 17 heavy (non-hydrogen) atoms. The lowest BCUT2D eigenvalue weighted by atomic mass is 10.3. The zero-order chi connectivity index (χ0) is 12.1. The summed E-state index contributed by atoms with van der Waals surface area (Å²) in [5.41, 5.74) is 0.383. The maximum Gasteiger partial charge on any atom is 0.274 e. The van der Waals surface area contributed by atoms with Gasteiger partial charge in [0.2, 0.25) is 0 Å². The smallest absolute Gasteiger partial charge is 0.274 e. The van der Waals surface area contributed by atoms with Crippen LogP contribution < -0.4 is 5.32 Å². The minimum Gasteiger partial charge on any atom is -0.378 e. The number of carbonyl (C=O) groups excluding carboxylic acids is 1. The predicted octanol–water partition coefficient (Wildman–Crippen LogP) is 0.381. The molecule has 0 spiro atoms. The molecule has 1 N–H and O–H groups in total. The van der Waals surface area contributed by atoms with E-state index in [-0.39, 0.29) is 5.91 Å². The summed E-state index contributed by atoms with van der Waals surface area (Å²) >= 11 is 0. The molecule has 1 aromatic rings. The zero-order valence-electron chi connectivity index (χ0n) is 9.85. The van der Waals surface area contributed by atoms with Crippen molar-refractivity contribution in [3.05, 3.63) is 17.8 Å². The first-order valence-electron chi connectivity index (χ1n) is 5.76. The SMILES string of the molecule is CCNc1ccc(C(=O)N2CCOCC2)nn1. The van der Waals surface area contributed by atoms with Crippen LogP contribution in [0.2, 0.25) is 0 Å². The second-order valence-corrected chi connectivity index (χ2v) is 3.74. The molecule has 2 heterocycles. The first-order chi connectivity index (χ1) is 8.31. The van der Waals surface area contributed by atoms with Crippen LogP contribution in [0.4, 0.5) is 5.82 Å². The summed E-state index contributed by atoms with van der Waals surface area (Å²) in [6, 6.07) is 3.47. The minimum absolute atomic E-state index is 0.0798. The van der Waals surface area contributed by atoms with Crippen molar-refractivity contribution in [2.75, 3.05) is 38.2 Å². The van der Waals surface area contributed by atoms with E-state index in [0.29, 0.717) is 37.8 Å². The van der Waals surface area contributed by atoms with E-state index >= 15 is 0 Å². The lowest BCUT2D eigenvalue weighted by Gasteiger charge is -2.26. The fourth-order valence-electron chi connectivity index (χ4n) is 1.65. The minimum atomic E-state index is -0.0798. The predicted molar refractivity (Wildman–Crippen MR) is 62.9 cm³/mol. The van der Waals surface area contributed by atoms with Gasteiger partial charge in [0.25, 0.3) is 5.91 Å². The summed E-state index contributed by atoms with van der Waals surface area (Å²) < 4.78 is 5.20. The molecule has 0 atom stereocenters. The highest BCUT2D eigenvalue weighted by molar-refractivity contribution is 5.92. The van der Waals surface area contributed by atoms with Crippen molar-refractivity contribution < 1.29 is 9.53 Å². The topological polar surface area (TPSA) is 67.4 Å². The molecule has 0 aromatic carbocycles. The number of amides is 1. The maximum atomic E-state index is 12.0. The van der Waals surface area contributed by atoms with Crippen molar-refractivity contribution in [2.45, 2.75) is 6.92 Å². The third kappa shape index (κ3) is 2.91. The van der Waals surface area contributed by atoms with Crippen LogP contribution in [0.25, 0.3) is 0 Å². The average Bonchev–Trinajstić information content (AvgIpc) is 2.40. The molecule has 0 unspecified atom stereocenters. The van der Waals surface area contributed by atoms with E-state index < -0.39 is 0 Å². The number of hydrogen-bond donors (Lipinski definition) is 1. The molecule has 0 saturated carbocycles. The van der Waals surface area contributed by atoms with E-state index in [1.165, 1.54) is 0 Å². The molecule has 1 saturated heterocycles. The Morgan fingerprint density at radius 1 is 1.41 bits per heavy atom. The lowest BCUT2D eigenvalue weighted by Crippen LogP contribution is -2.41. The molecule has 1 amide bonds. The highest BCUT2D eigenvalue weighted by atomic mass is 16.5. The van der Waals surface area contributed by atoms with Gasteiger partial charge in [-0.15, -0.1) is 10.2 Å². The van der Waals surface area contributed by atoms with Crippen molar-refractivity contribution in [2.24, 2.45) is 0 Å². The van der Waals surface area contributed by atoms with Gasteiger partial charge in [-0.3, -0.25) is 4.79 Å². The van der Waals surface area contributed by atoms with Crippen LogP contribution in [-0.2, 0) is 4.74 Å². The Labute approximate surface area is 100.0 Å². The molecular formula is C11H16N4O2. The van der Waals surface area contributed by atoms with Crippen LogP contribution in [0.5, 0.6) is 0 Å². The van der Waals surface area contributed by atoms with Crippen LogP contribution >= 0.6 is 0 Å². The molecule has 0 aliphatic carbocycles. The van der Waals surface area contributed by atoms with Gasteiger partial charge in [0.15, 0.2) is 5.69 Å². The molecule has 92 valence electrons. The first-order valence-corrected chi connectivity index (χ1v) is 5.76. The number of nitrogens with one attached hydrogen (secondary N) is 1. The Kier molecular flexibility index (Phi) is 3.87. The summed E-state index contributed by atoms with van der Waals surface area (Å²) in [6.45, 7) is 5.19. The highest BCUT2D eigenvalue weighted by Gasteiger charge is 2.19. The number of aromatic nitrogens is 2. The van der Waals surface area contributed by atoms with Gasteiger partial charge in [-0.25, -0.2) is 0 Å². The van der Waals surface area contributed by atoms with Crippen LogP contribution in [0.15, 0.2) is 12.1 Å². The highest BCUT2D eigenvalue weighted by Crippen LogP contribution is 2.06. The Hall–Kier alpha value is -1.69. The van der Waals surface area contributed by atoms with Gasteiger partial charge in [0, 0.05) is 19.6 Å². The molecule has 0 bridgehead atoms. The number of carbonyl (C=O) groups is 1. The van der Waals surface area contributed by atoms with Gasteiger partial charge < -0.3 is 15.0 Å². The Morgan fingerprint density at radius 3 is 2.76 bits per heavy atom. The third-order valence-electron chi connectivity index (χ3n) is 2.54. The molecular weight excluding hydrogens is 220 g/mol. The molecule has 1 aromatic heterocycles. The van der Waals surface area contributed by atoms with Gasteiger partial charge in [-0.05, 0) is 19.1 Å². The van der Waals surface area contributed by atoms with Gasteiger partial charge >= 0.3 is 0 Å². The third-order valence-corrected chi connectivity index (χ3v) is 2.54. The summed E-state index contributed by atoms with van der Waals surface area (Å²) in [6.07, 6.45) is 0. The fourth-order valence-corrected chi connectivity index (χ4v) is 1.65.